The Labute approximate surface area is 168 Å². The van der Waals surface area contributed by atoms with Crippen LogP contribution in [0.15, 0.2) is 51.7 Å². The third kappa shape index (κ3) is 4.60. The van der Waals surface area contributed by atoms with Gasteiger partial charge in [0.25, 0.3) is 0 Å². The van der Waals surface area contributed by atoms with Gasteiger partial charge < -0.3 is 24.5 Å². The molecule has 3 rings (SSSR count). The number of benzene rings is 2. The number of hydrogen-bond acceptors (Lipinski definition) is 5. The van der Waals surface area contributed by atoms with Gasteiger partial charge in [-0.15, -0.1) is 0 Å². The first-order valence-corrected chi connectivity index (χ1v) is 8.57. The van der Waals surface area contributed by atoms with E-state index in [1.54, 1.807) is 18.2 Å². The number of rotatable bonds is 4. The molecular weight excluding hydrogens is 409 g/mol. The Bertz CT molecular complexity index is 1130. The second-order valence-corrected chi connectivity index (χ2v) is 6.24. The Hall–Kier alpha value is -3.27. The van der Waals surface area contributed by atoms with Gasteiger partial charge >= 0.3 is 11.8 Å². The van der Waals surface area contributed by atoms with Crippen molar-refractivity contribution in [3.8, 4) is 11.5 Å². The summed E-state index contributed by atoms with van der Waals surface area (Å²) in [5, 5.41) is 5.58. The average molecular weight is 424 g/mol. The molecule has 29 heavy (non-hydrogen) atoms. The summed E-state index contributed by atoms with van der Waals surface area (Å²) in [5.41, 5.74) is -1.51. The maximum atomic E-state index is 13.3. The molecule has 0 saturated heterocycles. The minimum absolute atomic E-state index is 0.124. The minimum atomic E-state index is -4.71. The molecule has 10 heteroatoms. The highest BCUT2D eigenvalue weighted by molar-refractivity contribution is 7.80. The monoisotopic (exact) mass is 424 g/mol. The van der Waals surface area contributed by atoms with Crippen molar-refractivity contribution in [3.63, 3.8) is 0 Å². The van der Waals surface area contributed by atoms with Gasteiger partial charge in [-0.1, -0.05) is 0 Å². The number of methoxy groups -OCH3 is 2. The highest BCUT2D eigenvalue weighted by Gasteiger charge is 2.33. The molecule has 0 unspecified atom stereocenters. The zero-order chi connectivity index (χ0) is 21.2. The van der Waals surface area contributed by atoms with Crippen molar-refractivity contribution < 1.29 is 27.1 Å². The van der Waals surface area contributed by atoms with Gasteiger partial charge in [0, 0.05) is 23.2 Å². The number of alkyl halides is 3. The number of thiocarbonyl (C=S) groups is 1. The van der Waals surface area contributed by atoms with Crippen LogP contribution in [0.5, 0.6) is 11.5 Å². The fourth-order valence-corrected chi connectivity index (χ4v) is 2.89. The van der Waals surface area contributed by atoms with E-state index in [9.17, 15) is 18.0 Å². The maximum absolute atomic E-state index is 13.3. The van der Waals surface area contributed by atoms with Gasteiger partial charge in [0.15, 0.2) is 5.11 Å². The molecule has 0 aliphatic carbocycles. The standard InChI is InChI=1S/C19H15F3N2O4S/c1-26-11-4-5-14(16(8-11)27-2)24-18(29)23-10-3-6-15-12(7-10)13(19(20,21)22)9-17(25)28-15/h3-9H,1-2H3,(H2,23,24,29). The lowest BCUT2D eigenvalue weighted by atomic mass is 10.1. The lowest BCUT2D eigenvalue weighted by molar-refractivity contribution is -0.136. The highest BCUT2D eigenvalue weighted by Crippen LogP contribution is 2.35. The molecule has 2 N–H and O–H groups in total. The van der Waals surface area contributed by atoms with Crippen molar-refractivity contribution in [2.75, 3.05) is 24.9 Å². The SMILES string of the molecule is COc1ccc(NC(=S)Nc2ccc3oc(=O)cc(C(F)(F)F)c3c2)c(OC)c1. The van der Waals surface area contributed by atoms with E-state index in [1.807, 2.05) is 0 Å². The van der Waals surface area contributed by atoms with Crippen molar-refractivity contribution in [3.05, 3.63) is 58.4 Å². The van der Waals surface area contributed by atoms with Crippen LogP contribution in [0.25, 0.3) is 11.0 Å². The van der Waals surface area contributed by atoms with Crippen LogP contribution in [0.2, 0.25) is 0 Å². The topological polar surface area (TPSA) is 72.7 Å². The fourth-order valence-electron chi connectivity index (χ4n) is 2.66. The number of halogens is 3. The predicted octanol–water partition coefficient (Wildman–Crippen LogP) is 4.64. The summed E-state index contributed by atoms with van der Waals surface area (Å²) in [4.78, 5) is 11.4. The molecule has 0 spiro atoms. The molecule has 0 atom stereocenters. The molecule has 1 aromatic heterocycles. The lowest BCUT2D eigenvalue weighted by Crippen LogP contribution is -2.19. The fraction of sp³-hybridized carbons (Fsp3) is 0.158. The largest absolute Gasteiger partial charge is 0.497 e. The van der Waals surface area contributed by atoms with E-state index in [0.717, 1.165) is 0 Å². The van der Waals surface area contributed by atoms with Crippen LogP contribution in [0.1, 0.15) is 5.56 Å². The lowest BCUT2D eigenvalue weighted by Gasteiger charge is -2.15. The van der Waals surface area contributed by atoms with Gasteiger partial charge in [-0.25, -0.2) is 4.79 Å². The van der Waals surface area contributed by atoms with Gasteiger partial charge in [0.2, 0.25) is 0 Å². The van der Waals surface area contributed by atoms with Crippen molar-refractivity contribution in [2.24, 2.45) is 0 Å². The van der Waals surface area contributed by atoms with Crippen LogP contribution < -0.4 is 25.7 Å². The van der Waals surface area contributed by atoms with Crippen molar-refractivity contribution >= 4 is 39.7 Å². The molecule has 0 aliphatic heterocycles. The first kappa shape index (κ1) is 20.5. The van der Waals surface area contributed by atoms with Gasteiger partial charge in [0.05, 0.1) is 25.5 Å². The average Bonchev–Trinajstić information content (AvgIpc) is 2.67. The minimum Gasteiger partial charge on any atom is -0.497 e. The third-order valence-electron chi connectivity index (χ3n) is 3.96. The number of fused-ring (bicyclic) bond motifs is 1. The molecule has 2 aromatic carbocycles. The molecule has 0 bridgehead atoms. The summed E-state index contributed by atoms with van der Waals surface area (Å²) >= 11 is 5.23. The van der Waals surface area contributed by atoms with E-state index >= 15 is 0 Å². The van der Waals surface area contributed by atoms with Crippen LogP contribution in [0.4, 0.5) is 24.5 Å². The molecule has 0 amide bonds. The normalized spacial score (nSPS) is 11.2. The van der Waals surface area contributed by atoms with Gasteiger partial charge in [-0.3, -0.25) is 0 Å². The van der Waals surface area contributed by atoms with E-state index in [2.05, 4.69) is 10.6 Å². The summed E-state index contributed by atoms with van der Waals surface area (Å²) in [6.07, 6.45) is -4.71. The van der Waals surface area contributed by atoms with E-state index in [0.29, 0.717) is 23.3 Å². The van der Waals surface area contributed by atoms with Crippen LogP contribution in [0, 0.1) is 0 Å². The summed E-state index contributed by atoms with van der Waals surface area (Å²) in [6.45, 7) is 0. The van der Waals surface area contributed by atoms with Gasteiger partial charge in [-0.2, -0.15) is 13.2 Å². The first-order chi connectivity index (χ1) is 13.7. The molecule has 0 fully saturated rings. The van der Waals surface area contributed by atoms with Gasteiger partial charge in [-0.05, 0) is 42.5 Å². The molecule has 6 nitrogen and oxygen atoms in total. The molecule has 0 aliphatic rings. The third-order valence-corrected chi connectivity index (χ3v) is 4.17. The summed E-state index contributed by atoms with van der Waals surface area (Å²) in [7, 11) is 3.00. The Morgan fingerprint density at radius 1 is 1.03 bits per heavy atom. The number of nitrogens with one attached hydrogen (secondary N) is 2. The summed E-state index contributed by atoms with van der Waals surface area (Å²) in [6, 6.07) is 9.38. The van der Waals surface area contributed by atoms with Crippen molar-refractivity contribution in [1.82, 2.24) is 0 Å². The predicted molar refractivity (Wildman–Crippen MR) is 107 cm³/mol. The zero-order valence-corrected chi connectivity index (χ0v) is 16.0. The molecular formula is C19H15F3N2O4S. The highest BCUT2D eigenvalue weighted by atomic mass is 32.1. The van der Waals surface area contributed by atoms with E-state index in [4.69, 9.17) is 26.1 Å². The first-order valence-electron chi connectivity index (χ1n) is 8.16. The van der Waals surface area contributed by atoms with Gasteiger partial charge in [0.1, 0.15) is 17.1 Å². The molecule has 152 valence electrons. The number of hydrogen-bond donors (Lipinski definition) is 2. The van der Waals surface area contributed by atoms with E-state index < -0.39 is 17.4 Å². The van der Waals surface area contributed by atoms with E-state index in [1.165, 1.54) is 32.4 Å². The van der Waals surface area contributed by atoms with Crippen molar-refractivity contribution in [1.29, 1.82) is 0 Å². The number of anilines is 2. The van der Waals surface area contributed by atoms with Crippen LogP contribution >= 0.6 is 12.2 Å². The summed E-state index contributed by atoms with van der Waals surface area (Å²) < 4.78 is 55.0. The molecule has 1 heterocycles. The molecule has 0 saturated carbocycles. The molecule has 0 radical (unpaired) electrons. The Kier molecular flexibility index (Phi) is 5.64. The Morgan fingerprint density at radius 3 is 2.45 bits per heavy atom. The Balaban J connectivity index is 1.88. The zero-order valence-electron chi connectivity index (χ0n) is 15.2. The second kappa shape index (κ2) is 8.00. The van der Waals surface area contributed by atoms with Crippen LogP contribution in [-0.2, 0) is 6.18 Å². The molecule has 3 aromatic rings. The number of ether oxygens (including phenoxy) is 2. The maximum Gasteiger partial charge on any atom is 0.417 e. The van der Waals surface area contributed by atoms with E-state index in [-0.39, 0.29) is 21.8 Å². The van der Waals surface area contributed by atoms with Crippen molar-refractivity contribution in [2.45, 2.75) is 6.18 Å². The van der Waals surface area contributed by atoms with Crippen LogP contribution in [0.3, 0.4) is 0 Å². The Morgan fingerprint density at radius 2 is 1.79 bits per heavy atom. The summed E-state index contributed by atoms with van der Waals surface area (Å²) in [5.74, 6) is 1.05. The second-order valence-electron chi connectivity index (χ2n) is 5.83. The smallest absolute Gasteiger partial charge is 0.417 e. The quantitative estimate of drug-likeness (QED) is 0.467. The van der Waals surface area contributed by atoms with Crippen LogP contribution in [-0.4, -0.2) is 19.3 Å².